The lowest BCUT2D eigenvalue weighted by molar-refractivity contribution is -0.909. The number of quaternary nitrogens is 1. The molecule has 190 valence electrons. The first-order valence-electron chi connectivity index (χ1n) is 13.7. The van der Waals surface area contributed by atoms with E-state index < -0.39 is 5.97 Å². The third-order valence-corrected chi connectivity index (χ3v) is 6.79. The predicted molar refractivity (Wildman–Crippen MR) is 135 cm³/mol. The highest BCUT2D eigenvalue weighted by molar-refractivity contribution is 5.75. The molecule has 0 aromatic heterocycles. The normalized spacial score (nSPS) is 21.1. The van der Waals surface area contributed by atoms with Crippen molar-refractivity contribution in [3.63, 3.8) is 0 Å². The second-order valence-electron chi connectivity index (χ2n) is 9.83. The summed E-state index contributed by atoms with van der Waals surface area (Å²) in [6, 6.07) is 0. The van der Waals surface area contributed by atoms with E-state index in [1.54, 1.807) is 0 Å². The molecule has 3 unspecified atom stereocenters. The molecule has 33 heavy (non-hydrogen) atoms. The van der Waals surface area contributed by atoms with Gasteiger partial charge in [0.25, 0.3) is 0 Å². The molecule has 0 bridgehead atoms. The van der Waals surface area contributed by atoms with Gasteiger partial charge in [-0.1, -0.05) is 70.3 Å². The molecule has 0 aromatic rings. The highest BCUT2D eigenvalue weighted by Crippen LogP contribution is 2.15. The summed E-state index contributed by atoms with van der Waals surface area (Å²) in [5.74, 6) is -0.856. The Balaban J connectivity index is 1.88. The smallest absolute Gasteiger partial charge is 0.219 e. The van der Waals surface area contributed by atoms with Gasteiger partial charge >= 0.3 is 0 Å². The van der Waals surface area contributed by atoms with Crippen LogP contribution in [0.25, 0.3) is 0 Å². The monoisotopic (exact) mass is 462 g/mol. The first kappa shape index (κ1) is 29.4. The number of amides is 1. The molecular formula is C28H50N2O3. The number of likely N-dealkylation sites (tertiary alicyclic amines) is 1. The van der Waals surface area contributed by atoms with E-state index in [9.17, 15) is 14.7 Å². The average Bonchev–Trinajstić information content (AvgIpc) is 2.79. The second kappa shape index (κ2) is 19.8. The highest BCUT2D eigenvalue weighted by Gasteiger charge is 2.29. The third-order valence-electron chi connectivity index (χ3n) is 6.79. The lowest BCUT2D eigenvalue weighted by Crippen LogP contribution is -3.14. The first-order valence-corrected chi connectivity index (χ1v) is 13.7. The Labute approximate surface area is 203 Å². The number of carbonyl (C=O) groups is 2. The number of unbranched alkanes of at least 4 members (excludes halogenated alkanes) is 8. The van der Waals surface area contributed by atoms with Crippen LogP contribution >= 0.6 is 0 Å². The minimum absolute atomic E-state index is 0.166. The lowest BCUT2D eigenvalue weighted by atomic mass is 9.87. The predicted octanol–water partition coefficient (Wildman–Crippen LogP) is 3.60. The van der Waals surface area contributed by atoms with Gasteiger partial charge in [-0.2, -0.15) is 0 Å². The summed E-state index contributed by atoms with van der Waals surface area (Å²) in [5, 5.41) is 14.1. The van der Waals surface area contributed by atoms with Gasteiger partial charge in [-0.25, -0.2) is 0 Å². The average molecular weight is 463 g/mol. The van der Waals surface area contributed by atoms with Crippen LogP contribution in [-0.4, -0.2) is 38.1 Å². The Hall–Kier alpha value is -1.62. The van der Waals surface area contributed by atoms with Gasteiger partial charge in [-0.05, 0) is 38.5 Å². The first-order chi connectivity index (χ1) is 16.0. The zero-order valence-corrected chi connectivity index (χ0v) is 21.4. The van der Waals surface area contributed by atoms with Gasteiger partial charge < -0.3 is 20.1 Å². The van der Waals surface area contributed by atoms with Crippen molar-refractivity contribution in [2.45, 2.75) is 104 Å². The van der Waals surface area contributed by atoms with Gasteiger partial charge in [0.1, 0.15) is 0 Å². The topological polar surface area (TPSA) is 73.7 Å². The molecule has 1 amide bonds. The van der Waals surface area contributed by atoms with Crippen LogP contribution in [0.2, 0.25) is 0 Å². The molecule has 1 saturated heterocycles. The van der Waals surface area contributed by atoms with Crippen molar-refractivity contribution in [2.24, 2.45) is 11.8 Å². The van der Waals surface area contributed by atoms with Gasteiger partial charge in [-0.3, -0.25) is 4.79 Å². The summed E-state index contributed by atoms with van der Waals surface area (Å²) in [5.41, 5.74) is 0. The van der Waals surface area contributed by atoms with E-state index in [1.807, 2.05) is 6.92 Å². The SMILES string of the molecule is CCCCCC=CCC=CCCCCCCCC(=O)NCCC[NH+]1CCC(C(=O)[O-])C(C)C1. The van der Waals surface area contributed by atoms with Crippen molar-refractivity contribution in [3.8, 4) is 0 Å². The number of carbonyl (C=O) groups excluding carboxylic acids is 2. The Bertz CT molecular complexity index is 573. The summed E-state index contributed by atoms with van der Waals surface area (Å²) in [6.45, 7) is 7.74. The number of hydrogen-bond acceptors (Lipinski definition) is 3. The van der Waals surface area contributed by atoms with Gasteiger partial charge in [0, 0.05) is 43.6 Å². The molecule has 2 N–H and O–H groups in total. The van der Waals surface area contributed by atoms with Crippen LogP contribution in [0, 0.1) is 11.8 Å². The summed E-state index contributed by atoms with van der Waals surface area (Å²) in [7, 11) is 0. The molecule has 1 rings (SSSR count). The van der Waals surface area contributed by atoms with Crippen LogP contribution in [0.4, 0.5) is 0 Å². The molecule has 5 nitrogen and oxygen atoms in total. The molecule has 1 fully saturated rings. The maximum Gasteiger partial charge on any atom is 0.219 e. The minimum atomic E-state index is -0.901. The molecule has 0 aromatic carbocycles. The van der Waals surface area contributed by atoms with Crippen LogP contribution < -0.4 is 15.3 Å². The zero-order valence-electron chi connectivity index (χ0n) is 21.4. The Morgan fingerprint density at radius 1 is 0.939 bits per heavy atom. The summed E-state index contributed by atoms with van der Waals surface area (Å²) < 4.78 is 0. The van der Waals surface area contributed by atoms with Crippen molar-refractivity contribution >= 4 is 11.9 Å². The van der Waals surface area contributed by atoms with Gasteiger partial charge in [0.05, 0.1) is 19.6 Å². The van der Waals surface area contributed by atoms with Crippen LogP contribution in [0.1, 0.15) is 104 Å². The molecule has 0 saturated carbocycles. The molecule has 3 atom stereocenters. The van der Waals surface area contributed by atoms with E-state index in [1.165, 1.54) is 49.8 Å². The van der Waals surface area contributed by atoms with E-state index >= 15 is 0 Å². The van der Waals surface area contributed by atoms with Crippen molar-refractivity contribution < 1.29 is 19.6 Å². The summed E-state index contributed by atoms with van der Waals surface area (Å²) in [4.78, 5) is 24.5. The van der Waals surface area contributed by atoms with Crippen LogP contribution in [0.15, 0.2) is 24.3 Å². The van der Waals surface area contributed by atoms with E-state index in [0.717, 1.165) is 58.3 Å². The van der Waals surface area contributed by atoms with Crippen LogP contribution in [0.5, 0.6) is 0 Å². The molecular weight excluding hydrogens is 412 g/mol. The fourth-order valence-electron chi connectivity index (χ4n) is 4.67. The Kier molecular flexibility index (Phi) is 17.7. The van der Waals surface area contributed by atoms with Crippen LogP contribution in [-0.2, 0) is 9.59 Å². The third kappa shape index (κ3) is 15.8. The van der Waals surface area contributed by atoms with E-state index in [2.05, 4.69) is 36.5 Å². The molecule has 1 aliphatic heterocycles. The molecule has 5 heteroatoms. The number of piperidine rings is 1. The van der Waals surface area contributed by atoms with Gasteiger partial charge in [0.15, 0.2) is 0 Å². The summed E-state index contributed by atoms with van der Waals surface area (Å²) in [6.07, 6.45) is 24.6. The fourth-order valence-corrected chi connectivity index (χ4v) is 4.67. The fraction of sp³-hybridized carbons (Fsp3) is 0.786. The Morgan fingerprint density at radius 3 is 2.27 bits per heavy atom. The second-order valence-corrected chi connectivity index (χ2v) is 9.83. The van der Waals surface area contributed by atoms with Crippen molar-refractivity contribution in [3.05, 3.63) is 24.3 Å². The largest absolute Gasteiger partial charge is 0.550 e. The summed E-state index contributed by atoms with van der Waals surface area (Å²) >= 11 is 0. The maximum absolute atomic E-state index is 12.0. The molecule has 0 spiro atoms. The number of hydrogen-bond donors (Lipinski definition) is 2. The molecule has 1 aliphatic rings. The van der Waals surface area contributed by atoms with Gasteiger partial charge in [-0.15, -0.1) is 0 Å². The number of nitrogens with one attached hydrogen (secondary N) is 2. The van der Waals surface area contributed by atoms with E-state index in [-0.39, 0.29) is 17.7 Å². The lowest BCUT2D eigenvalue weighted by Gasteiger charge is -2.34. The van der Waals surface area contributed by atoms with Crippen molar-refractivity contribution in [1.82, 2.24) is 5.32 Å². The number of carboxylic acid groups (broad SMARTS) is 1. The van der Waals surface area contributed by atoms with E-state index in [4.69, 9.17) is 0 Å². The standard InChI is InChI=1S/C28H50N2O3/c1-3-4-5-6-7-8-9-10-11-12-13-14-15-16-17-19-27(31)29-21-18-22-30-23-20-26(28(32)33)25(2)24-30/h7-8,10-11,25-26H,3-6,9,12-24H2,1-2H3,(H,29,31)(H,32,33). The highest BCUT2D eigenvalue weighted by atomic mass is 16.4. The quantitative estimate of drug-likeness (QED) is 0.228. The molecule has 0 aliphatic carbocycles. The zero-order chi connectivity index (χ0) is 24.2. The van der Waals surface area contributed by atoms with Gasteiger partial charge in [0.2, 0.25) is 5.91 Å². The Morgan fingerprint density at radius 2 is 1.61 bits per heavy atom. The molecule has 1 heterocycles. The maximum atomic E-state index is 12.0. The number of aliphatic carboxylic acids is 1. The molecule has 0 radical (unpaired) electrons. The van der Waals surface area contributed by atoms with E-state index in [0.29, 0.717) is 12.8 Å². The minimum Gasteiger partial charge on any atom is -0.550 e. The van der Waals surface area contributed by atoms with Crippen molar-refractivity contribution in [2.75, 3.05) is 26.2 Å². The number of allylic oxidation sites excluding steroid dienone is 4. The number of carboxylic acids is 1. The van der Waals surface area contributed by atoms with Crippen molar-refractivity contribution in [1.29, 1.82) is 0 Å². The number of rotatable bonds is 19. The van der Waals surface area contributed by atoms with Crippen LogP contribution in [0.3, 0.4) is 0 Å².